The number of carboxylic acids is 1. The quantitative estimate of drug-likeness (QED) is 0.718. The first kappa shape index (κ1) is 23.2. The monoisotopic (exact) mass is 459 g/mol. The smallest absolute Gasteiger partial charge is 0.300 e. The van der Waals surface area contributed by atoms with Crippen LogP contribution in [0.25, 0.3) is 10.9 Å². The molecule has 0 radical (unpaired) electrons. The maximum absolute atomic E-state index is 13.5. The van der Waals surface area contributed by atoms with Crippen LogP contribution in [-0.4, -0.2) is 75.1 Å². The van der Waals surface area contributed by atoms with Crippen LogP contribution in [0.4, 0.5) is 4.39 Å². The number of nitrogens with zero attached hydrogens (tertiary/aromatic N) is 2. The van der Waals surface area contributed by atoms with E-state index in [1.165, 1.54) is 12.1 Å². The number of aromatic nitrogens is 1. The summed E-state index contributed by atoms with van der Waals surface area (Å²) in [4.78, 5) is 41.6. The molecule has 1 spiro atoms. The van der Waals surface area contributed by atoms with E-state index < -0.39 is 5.97 Å². The number of hydrogen-bond donors (Lipinski definition) is 2. The Morgan fingerprint density at radius 1 is 1.21 bits per heavy atom. The Morgan fingerprint density at radius 2 is 1.88 bits per heavy atom. The van der Waals surface area contributed by atoms with Gasteiger partial charge in [0, 0.05) is 49.4 Å². The normalized spacial score (nSPS) is 26.3. The summed E-state index contributed by atoms with van der Waals surface area (Å²) in [6.45, 7) is 4.81. The Labute approximate surface area is 191 Å². The Hall–Kier alpha value is -2.94. The summed E-state index contributed by atoms with van der Waals surface area (Å²) >= 11 is 0. The first-order chi connectivity index (χ1) is 15.7. The van der Waals surface area contributed by atoms with Crippen molar-refractivity contribution >= 4 is 28.7 Å². The van der Waals surface area contributed by atoms with Gasteiger partial charge in [0.25, 0.3) is 11.9 Å². The van der Waals surface area contributed by atoms with Gasteiger partial charge in [0.05, 0.1) is 12.2 Å². The molecule has 33 heavy (non-hydrogen) atoms. The molecule has 3 fully saturated rings. The third-order valence-corrected chi connectivity index (χ3v) is 6.79. The van der Waals surface area contributed by atoms with Crippen molar-refractivity contribution in [1.82, 2.24) is 14.8 Å². The molecule has 0 saturated carbocycles. The van der Waals surface area contributed by atoms with E-state index in [4.69, 9.17) is 14.6 Å². The molecule has 0 aliphatic carbocycles. The number of H-pyrrole nitrogens is 1. The number of amides is 2. The number of carbonyl (C=O) groups excluding carboxylic acids is 2. The number of carbonyl (C=O) groups is 3. The van der Waals surface area contributed by atoms with Crippen molar-refractivity contribution < 1.29 is 28.6 Å². The average Bonchev–Trinajstić information content (AvgIpc) is 3.31. The molecule has 1 unspecified atom stereocenters. The van der Waals surface area contributed by atoms with Crippen LogP contribution in [0.5, 0.6) is 0 Å². The number of halogens is 1. The van der Waals surface area contributed by atoms with Crippen LogP contribution in [-0.2, 0) is 14.3 Å². The van der Waals surface area contributed by atoms with Crippen molar-refractivity contribution in [3.63, 3.8) is 0 Å². The highest BCUT2D eigenvalue weighted by atomic mass is 19.1. The van der Waals surface area contributed by atoms with Crippen molar-refractivity contribution in [2.24, 2.45) is 0 Å². The molecule has 3 atom stereocenters. The summed E-state index contributed by atoms with van der Waals surface area (Å²) < 4.78 is 19.7. The molecule has 3 aliphatic heterocycles. The van der Waals surface area contributed by atoms with Crippen LogP contribution < -0.4 is 0 Å². The highest BCUT2D eigenvalue weighted by Gasteiger charge is 2.52. The van der Waals surface area contributed by atoms with Crippen molar-refractivity contribution in [3.8, 4) is 0 Å². The zero-order valence-electron chi connectivity index (χ0n) is 19.0. The van der Waals surface area contributed by atoms with Gasteiger partial charge in [-0.1, -0.05) is 6.92 Å². The van der Waals surface area contributed by atoms with Gasteiger partial charge in [-0.25, -0.2) is 4.39 Å². The molecule has 1 aromatic carbocycles. The van der Waals surface area contributed by atoms with E-state index in [0.29, 0.717) is 37.2 Å². The largest absolute Gasteiger partial charge is 0.481 e. The average molecular weight is 460 g/mol. The Bertz CT molecular complexity index is 1050. The van der Waals surface area contributed by atoms with Crippen molar-refractivity contribution in [3.05, 3.63) is 35.8 Å². The van der Waals surface area contributed by atoms with Gasteiger partial charge in [0.2, 0.25) is 5.91 Å². The lowest BCUT2D eigenvalue weighted by Crippen LogP contribution is -2.61. The molecule has 178 valence electrons. The lowest BCUT2D eigenvalue weighted by atomic mass is 9.84. The number of aromatic amines is 1. The minimum absolute atomic E-state index is 0.0266. The SMILES string of the molecule is CC(=O)O.CCC(=O)N1CCOC2(C[C@H]3CC[C@@H](C2)N3C(=O)c2cc3cc(F)ccc3[nH]2)C1. The molecule has 8 nitrogen and oxygen atoms in total. The van der Waals surface area contributed by atoms with Gasteiger partial charge in [-0.2, -0.15) is 0 Å². The van der Waals surface area contributed by atoms with Crippen molar-refractivity contribution in [2.75, 3.05) is 19.7 Å². The lowest BCUT2D eigenvalue weighted by molar-refractivity contribution is -0.163. The summed E-state index contributed by atoms with van der Waals surface area (Å²) in [5.74, 6) is -0.999. The van der Waals surface area contributed by atoms with Crippen LogP contribution in [0, 0.1) is 5.82 Å². The van der Waals surface area contributed by atoms with E-state index in [1.54, 1.807) is 12.1 Å². The molecule has 2 bridgehead atoms. The summed E-state index contributed by atoms with van der Waals surface area (Å²) in [6, 6.07) is 6.46. The molecule has 5 rings (SSSR count). The third-order valence-electron chi connectivity index (χ3n) is 6.79. The molecule has 2 N–H and O–H groups in total. The van der Waals surface area contributed by atoms with E-state index in [-0.39, 0.29) is 35.3 Å². The summed E-state index contributed by atoms with van der Waals surface area (Å²) in [5.41, 5.74) is 0.931. The summed E-state index contributed by atoms with van der Waals surface area (Å²) in [7, 11) is 0. The lowest BCUT2D eigenvalue weighted by Gasteiger charge is -2.50. The highest BCUT2D eigenvalue weighted by Crippen LogP contribution is 2.44. The molecule has 2 aromatic rings. The molecule has 4 heterocycles. The molecule has 3 saturated heterocycles. The van der Waals surface area contributed by atoms with E-state index >= 15 is 0 Å². The number of rotatable bonds is 2. The first-order valence-corrected chi connectivity index (χ1v) is 11.4. The minimum atomic E-state index is -0.833. The Kier molecular flexibility index (Phi) is 6.43. The van der Waals surface area contributed by atoms with Crippen molar-refractivity contribution in [1.29, 1.82) is 0 Å². The van der Waals surface area contributed by atoms with Gasteiger partial charge in [0.1, 0.15) is 11.5 Å². The molecular weight excluding hydrogens is 429 g/mol. The van der Waals surface area contributed by atoms with Gasteiger partial charge in [0.15, 0.2) is 0 Å². The molecule has 2 amide bonds. The Balaban J connectivity index is 0.000000601. The fourth-order valence-corrected chi connectivity index (χ4v) is 5.52. The predicted molar refractivity (Wildman–Crippen MR) is 119 cm³/mol. The number of hydrogen-bond acceptors (Lipinski definition) is 4. The number of nitrogens with one attached hydrogen (secondary N) is 1. The van der Waals surface area contributed by atoms with E-state index in [2.05, 4.69) is 4.98 Å². The second kappa shape index (κ2) is 9.13. The molecule has 9 heteroatoms. The van der Waals surface area contributed by atoms with Gasteiger partial charge in [-0.05, 0) is 49.9 Å². The number of benzene rings is 1. The standard InChI is InChI=1S/C22H26FN3O3.C2H4O2/c1-2-20(27)25-7-8-29-22(13-25)11-16-4-5-17(12-22)26(16)21(28)19-10-14-9-15(23)3-6-18(14)24-19;1-2(3)4/h3,6,9-10,16-17,24H,2,4-5,7-8,11-13H2,1H3;1H3,(H,3,4)/t16-,17+,22?;. The first-order valence-electron chi connectivity index (χ1n) is 11.4. The molecular formula is C24H30FN3O5. The minimum Gasteiger partial charge on any atom is -0.481 e. The van der Waals surface area contributed by atoms with Gasteiger partial charge < -0.3 is 24.6 Å². The fraction of sp³-hybridized carbons (Fsp3) is 0.542. The predicted octanol–water partition coefficient (Wildman–Crippen LogP) is 3.17. The number of piperidine rings is 1. The van der Waals surface area contributed by atoms with Gasteiger partial charge in [-0.3, -0.25) is 14.4 Å². The van der Waals surface area contributed by atoms with Crippen LogP contribution >= 0.6 is 0 Å². The Morgan fingerprint density at radius 3 is 2.52 bits per heavy atom. The fourth-order valence-electron chi connectivity index (χ4n) is 5.52. The zero-order chi connectivity index (χ0) is 23.8. The number of aliphatic carboxylic acids is 1. The number of carboxylic acid groups (broad SMARTS) is 1. The van der Waals surface area contributed by atoms with Crippen LogP contribution in [0.3, 0.4) is 0 Å². The highest BCUT2D eigenvalue weighted by molar-refractivity contribution is 5.98. The number of ether oxygens (including phenoxy) is 1. The van der Waals surface area contributed by atoms with Crippen LogP contribution in [0.2, 0.25) is 0 Å². The second-order valence-corrected chi connectivity index (χ2v) is 9.14. The van der Waals surface area contributed by atoms with Crippen LogP contribution in [0.15, 0.2) is 24.3 Å². The summed E-state index contributed by atoms with van der Waals surface area (Å²) in [5, 5.41) is 8.12. The van der Waals surface area contributed by atoms with Gasteiger partial charge >= 0.3 is 0 Å². The zero-order valence-corrected chi connectivity index (χ0v) is 19.0. The van der Waals surface area contributed by atoms with Crippen molar-refractivity contribution in [2.45, 2.75) is 63.6 Å². The maximum atomic E-state index is 13.5. The van der Waals surface area contributed by atoms with Crippen LogP contribution in [0.1, 0.15) is 56.4 Å². The van der Waals surface area contributed by atoms with E-state index in [9.17, 15) is 14.0 Å². The molecule has 1 aromatic heterocycles. The van der Waals surface area contributed by atoms with E-state index in [1.807, 2.05) is 16.7 Å². The maximum Gasteiger partial charge on any atom is 0.300 e. The third kappa shape index (κ3) is 4.73. The van der Waals surface area contributed by atoms with E-state index in [0.717, 1.165) is 38.1 Å². The second-order valence-electron chi connectivity index (χ2n) is 9.14. The van der Waals surface area contributed by atoms with Gasteiger partial charge in [-0.15, -0.1) is 0 Å². The number of morpholine rings is 1. The number of fused-ring (bicyclic) bond motifs is 3. The molecule has 3 aliphatic rings. The topological polar surface area (TPSA) is 103 Å². The summed E-state index contributed by atoms with van der Waals surface area (Å²) in [6.07, 6.45) is 3.94.